The van der Waals surface area contributed by atoms with Crippen molar-refractivity contribution in [2.75, 3.05) is 32.8 Å². The van der Waals surface area contributed by atoms with Gasteiger partial charge < -0.3 is 28.6 Å². The van der Waals surface area contributed by atoms with Crippen molar-refractivity contribution in [1.29, 1.82) is 0 Å². The predicted octanol–water partition coefficient (Wildman–Crippen LogP) is 5.86. The lowest BCUT2D eigenvalue weighted by Crippen LogP contribution is -2.49. The molecule has 0 atom stereocenters. The lowest BCUT2D eigenvalue weighted by molar-refractivity contribution is 0.00562. The van der Waals surface area contributed by atoms with E-state index < -0.39 is 5.60 Å². The minimum Gasteiger partial charge on any atom is -0.486 e. The molecule has 0 radical (unpaired) electrons. The number of piperidine rings is 1. The minimum absolute atomic E-state index is 0.0633. The molecule has 2 fully saturated rings. The first kappa shape index (κ1) is 28.6. The van der Waals surface area contributed by atoms with Gasteiger partial charge in [-0.2, -0.15) is 0 Å². The molecule has 3 aromatic rings. The highest BCUT2D eigenvalue weighted by atomic mass is 16.6. The number of hydrogen-bond donors (Lipinski definition) is 0. The molecule has 1 aromatic heterocycles. The number of hydrogen-bond acceptors (Lipinski definition) is 6. The summed E-state index contributed by atoms with van der Waals surface area (Å²) in [7, 11) is 0. The molecule has 0 unspecified atom stereocenters. The number of pyridine rings is 1. The van der Waals surface area contributed by atoms with Gasteiger partial charge in [0.15, 0.2) is 11.5 Å². The van der Waals surface area contributed by atoms with Crippen LogP contribution in [0.15, 0.2) is 47.3 Å². The molecule has 0 bridgehead atoms. The van der Waals surface area contributed by atoms with E-state index in [0.29, 0.717) is 32.2 Å². The van der Waals surface area contributed by atoms with E-state index >= 15 is 0 Å². The number of amides is 1. The standard InChI is InChI=1S/C34H43N3O5/c1-23-19-32(38)36(29-21-26(25-6-7-25)8-9-28(23)29)16-15-35-13-11-27(12-14-35)37(33(39)42-34(2,3)4)22-24-5-10-30-31(20-24)41-18-17-40-30/h5,8-10,19-21,25,27H,6-7,11-18,22H2,1-4H3. The Morgan fingerprint density at radius 3 is 2.40 bits per heavy atom. The van der Waals surface area contributed by atoms with Gasteiger partial charge in [-0.05, 0) is 94.2 Å². The molecule has 1 saturated carbocycles. The summed E-state index contributed by atoms with van der Waals surface area (Å²) in [6.07, 6.45) is 3.88. The van der Waals surface area contributed by atoms with Crippen LogP contribution in [-0.4, -0.2) is 65.0 Å². The third kappa shape index (κ3) is 6.43. The maximum Gasteiger partial charge on any atom is 0.410 e. The summed E-state index contributed by atoms with van der Waals surface area (Å²) in [6, 6.07) is 14.4. The summed E-state index contributed by atoms with van der Waals surface area (Å²) >= 11 is 0. The van der Waals surface area contributed by atoms with E-state index in [9.17, 15) is 9.59 Å². The van der Waals surface area contributed by atoms with Crippen molar-refractivity contribution in [2.24, 2.45) is 0 Å². The van der Waals surface area contributed by atoms with Crippen molar-refractivity contribution in [1.82, 2.24) is 14.4 Å². The van der Waals surface area contributed by atoms with Crippen molar-refractivity contribution in [2.45, 2.75) is 84.0 Å². The molecule has 8 nitrogen and oxygen atoms in total. The fourth-order valence-electron chi connectivity index (χ4n) is 6.21. The van der Waals surface area contributed by atoms with Gasteiger partial charge >= 0.3 is 6.09 Å². The summed E-state index contributed by atoms with van der Waals surface area (Å²) in [4.78, 5) is 30.8. The topological polar surface area (TPSA) is 73.2 Å². The molecule has 42 heavy (non-hydrogen) atoms. The second kappa shape index (κ2) is 11.6. The maximum absolute atomic E-state index is 13.4. The normalized spacial score (nSPS) is 17.8. The Morgan fingerprint density at radius 1 is 0.952 bits per heavy atom. The van der Waals surface area contributed by atoms with Crippen molar-refractivity contribution in [3.05, 3.63) is 69.5 Å². The van der Waals surface area contributed by atoms with Gasteiger partial charge in [-0.25, -0.2) is 4.79 Å². The van der Waals surface area contributed by atoms with E-state index in [0.717, 1.165) is 66.0 Å². The molecule has 224 valence electrons. The third-order valence-corrected chi connectivity index (χ3v) is 8.62. The molecule has 1 amide bonds. The zero-order valence-corrected chi connectivity index (χ0v) is 25.4. The predicted molar refractivity (Wildman–Crippen MR) is 164 cm³/mol. The van der Waals surface area contributed by atoms with Crippen LogP contribution in [0.25, 0.3) is 10.9 Å². The fraction of sp³-hybridized carbons (Fsp3) is 0.529. The molecule has 6 rings (SSSR count). The van der Waals surface area contributed by atoms with Crippen molar-refractivity contribution in [3.63, 3.8) is 0 Å². The van der Waals surface area contributed by atoms with E-state index in [-0.39, 0.29) is 17.7 Å². The smallest absolute Gasteiger partial charge is 0.410 e. The van der Waals surface area contributed by atoms with Gasteiger partial charge in [0.25, 0.3) is 5.56 Å². The lowest BCUT2D eigenvalue weighted by Gasteiger charge is -2.39. The number of benzene rings is 2. The van der Waals surface area contributed by atoms with E-state index in [4.69, 9.17) is 14.2 Å². The molecular formula is C34H43N3O5. The van der Waals surface area contributed by atoms with Crippen LogP contribution in [-0.2, 0) is 17.8 Å². The average molecular weight is 574 g/mol. The van der Waals surface area contributed by atoms with Gasteiger partial charge in [0.1, 0.15) is 18.8 Å². The van der Waals surface area contributed by atoms with E-state index in [1.165, 1.54) is 18.4 Å². The molecule has 1 aliphatic carbocycles. The number of aryl methyl sites for hydroxylation is 1. The Labute approximate surface area is 248 Å². The summed E-state index contributed by atoms with van der Waals surface area (Å²) in [5, 5.41) is 1.16. The molecule has 8 heteroatoms. The third-order valence-electron chi connectivity index (χ3n) is 8.62. The van der Waals surface area contributed by atoms with E-state index in [2.05, 4.69) is 23.1 Å². The Morgan fingerprint density at radius 2 is 1.69 bits per heavy atom. The number of carbonyl (C=O) groups is 1. The number of rotatable bonds is 7. The summed E-state index contributed by atoms with van der Waals surface area (Å²) in [5.74, 6) is 2.11. The highest BCUT2D eigenvalue weighted by molar-refractivity contribution is 5.83. The minimum atomic E-state index is -0.577. The Bertz CT molecular complexity index is 1510. The second-order valence-electron chi connectivity index (χ2n) is 13.0. The van der Waals surface area contributed by atoms with Gasteiger partial charge in [0.2, 0.25) is 0 Å². The van der Waals surface area contributed by atoms with Crippen LogP contribution in [0.3, 0.4) is 0 Å². The first-order valence-electron chi connectivity index (χ1n) is 15.4. The molecule has 2 aromatic carbocycles. The van der Waals surface area contributed by atoms with Crippen molar-refractivity contribution >= 4 is 17.0 Å². The van der Waals surface area contributed by atoms with Gasteiger partial charge in [-0.15, -0.1) is 0 Å². The highest BCUT2D eigenvalue weighted by Crippen LogP contribution is 2.41. The van der Waals surface area contributed by atoms with Gasteiger partial charge in [0.05, 0.1) is 5.52 Å². The van der Waals surface area contributed by atoms with Crippen LogP contribution in [0.4, 0.5) is 4.79 Å². The van der Waals surface area contributed by atoms with Crippen LogP contribution in [0.1, 0.15) is 69.1 Å². The van der Waals surface area contributed by atoms with Crippen LogP contribution in [0, 0.1) is 6.92 Å². The van der Waals surface area contributed by atoms with Crippen LogP contribution < -0.4 is 15.0 Å². The van der Waals surface area contributed by atoms with Crippen LogP contribution in [0.2, 0.25) is 0 Å². The van der Waals surface area contributed by atoms with Crippen molar-refractivity contribution in [3.8, 4) is 11.5 Å². The van der Waals surface area contributed by atoms with Gasteiger partial charge in [-0.3, -0.25) is 4.79 Å². The summed E-state index contributed by atoms with van der Waals surface area (Å²) in [5.41, 5.74) is 3.92. The molecule has 2 aliphatic heterocycles. The van der Waals surface area contributed by atoms with Crippen LogP contribution in [0.5, 0.6) is 11.5 Å². The monoisotopic (exact) mass is 573 g/mol. The lowest BCUT2D eigenvalue weighted by atomic mass is 10.0. The molecular weight excluding hydrogens is 530 g/mol. The number of aromatic nitrogens is 1. The second-order valence-corrected chi connectivity index (χ2v) is 13.0. The van der Waals surface area contributed by atoms with Crippen molar-refractivity contribution < 1.29 is 19.0 Å². The SMILES string of the molecule is Cc1cc(=O)n(CCN2CCC(N(Cc3ccc4c(c3)OCCO4)C(=O)OC(C)(C)C)CC2)c2cc(C3CC3)ccc12. The number of nitrogens with zero attached hydrogens (tertiary/aromatic N) is 3. The summed E-state index contributed by atoms with van der Waals surface area (Å²) in [6.45, 7) is 12.4. The average Bonchev–Trinajstić information content (AvgIpc) is 3.81. The Hall–Kier alpha value is -3.52. The van der Waals surface area contributed by atoms with E-state index in [1.807, 2.05) is 55.4 Å². The molecule has 3 aliphatic rings. The molecule has 1 saturated heterocycles. The quantitative estimate of drug-likeness (QED) is 0.353. The zero-order chi connectivity index (χ0) is 29.4. The Balaban J connectivity index is 1.13. The maximum atomic E-state index is 13.4. The van der Waals surface area contributed by atoms with Gasteiger partial charge in [0, 0.05) is 50.2 Å². The number of fused-ring (bicyclic) bond motifs is 2. The first-order valence-corrected chi connectivity index (χ1v) is 15.4. The largest absolute Gasteiger partial charge is 0.486 e. The van der Waals surface area contributed by atoms with Gasteiger partial charge in [-0.1, -0.05) is 18.2 Å². The number of ether oxygens (including phenoxy) is 3. The first-order chi connectivity index (χ1) is 20.1. The summed E-state index contributed by atoms with van der Waals surface area (Å²) < 4.78 is 19.3. The molecule has 3 heterocycles. The zero-order valence-electron chi connectivity index (χ0n) is 25.4. The fourth-order valence-corrected chi connectivity index (χ4v) is 6.21. The molecule has 0 N–H and O–H groups in total. The number of likely N-dealkylation sites (tertiary alicyclic amines) is 1. The van der Waals surface area contributed by atoms with E-state index in [1.54, 1.807) is 6.07 Å². The molecule has 0 spiro atoms. The number of carbonyl (C=O) groups excluding carboxylic acids is 1. The van der Waals surface area contributed by atoms with Crippen LogP contribution >= 0.6 is 0 Å². The Kier molecular flexibility index (Phi) is 7.92. The highest BCUT2D eigenvalue weighted by Gasteiger charge is 2.32.